The maximum Gasteiger partial charge on any atom is 0.326 e. The molecule has 0 aliphatic heterocycles. The number of hydrogen-bond donors (Lipinski definition) is 2. The van der Waals surface area contributed by atoms with Gasteiger partial charge >= 0.3 is 6.03 Å². The van der Waals surface area contributed by atoms with Crippen molar-refractivity contribution < 1.29 is 9.53 Å². The fourth-order valence-electron chi connectivity index (χ4n) is 1.52. The average Bonchev–Trinajstić information content (AvgIpc) is 2.38. The van der Waals surface area contributed by atoms with Crippen molar-refractivity contribution in [3.05, 3.63) is 41.2 Å². The highest BCUT2D eigenvalue weighted by Crippen LogP contribution is 2.15. The van der Waals surface area contributed by atoms with E-state index in [1.54, 1.807) is 44.4 Å². The monoisotopic (exact) mass is 292 g/mol. The van der Waals surface area contributed by atoms with Crippen LogP contribution in [0.5, 0.6) is 5.75 Å². The Morgan fingerprint density at radius 1 is 1.20 bits per heavy atom. The Morgan fingerprint density at radius 3 is 2.50 bits per heavy atom. The third kappa shape index (κ3) is 3.83. The van der Waals surface area contributed by atoms with Gasteiger partial charge in [-0.1, -0.05) is 11.6 Å². The van der Waals surface area contributed by atoms with Crippen molar-refractivity contribution in [1.29, 1.82) is 0 Å². The zero-order valence-corrected chi connectivity index (χ0v) is 11.7. The molecule has 0 atom stereocenters. The van der Waals surface area contributed by atoms with Gasteiger partial charge in [0.25, 0.3) is 0 Å². The van der Waals surface area contributed by atoms with E-state index < -0.39 is 6.03 Å². The Balaban J connectivity index is 2.01. The number of anilines is 2. The summed E-state index contributed by atoms with van der Waals surface area (Å²) >= 11 is 5.79. The number of urea groups is 1. The van der Waals surface area contributed by atoms with Gasteiger partial charge in [-0.15, -0.1) is 0 Å². The quantitative estimate of drug-likeness (QED) is 0.852. The second-order valence-electron chi connectivity index (χ2n) is 3.96. The molecule has 0 radical (unpaired) electrons. The number of ether oxygens (including phenoxy) is 1. The molecule has 1 heterocycles. The summed E-state index contributed by atoms with van der Waals surface area (Å²) in [5.74, 6) is 0.866. The van der Waals surface area contributed by atoms with Crippen molar-refractivity contribution in [2.75, 3.05) is 17.7 Å². The molecular weight excluding hydrogens is 280 g/mol. The molecule has 2 aromatic rings. The van der Waals surface area contributed by atoms with Gasteiger partial charge in [-0.3, -0.25) is 5.32 Å². The average molecular weight is 293 g/mol. The number of carbonyl (C=O) groups is 1. The molecule has 1 aromatic carbocycles. The Hall–Kier alpha value is -2.34. The lowest BCUT2D eigenvalue weighted by atomic mass is 10.3. The number of hydrogen-bond acceptors (Lipinski definition) is 4. The maximum absolute atomic E-state index is 11.8. The van der Waals surface area contributed by atoms with E-state index in [4.69, 9.17) is 16.3 Å². The molecule has 2 amide bonds. The molecule has 0 bridgehead atoms. The predicted molar refractivity (Wildman–Crippen MR) is 77.4 cm³/mol. The van der Waals surface area contributed by atoms with Crippen LogP contribution in [0.25, 0.3) is 0 Å². The molecule has 0 fully saturated rings. The smallest absolute Gasteiger partial charge is 0.326 e. The first-order chi connectivity index (χ1) is 9.56. The molecule has 2 rings (SSSR count). The minimum absolute atomic E-state index is 0.154. The Kier molecular flexibility index (Phi) is 4.37. The first-order valence-corrected chi connectivity index (χ1v) is 6.18. The molecule has 7 heteroatoms. The van der Waals surface area contributed by atoms with Gasteiger partial charge in [0.2, 0.25) is 5.95 Å². The number of rotatable bonds is 3. The summed E-state index contributed by atoms with van der Waals surface area (Å²) in [5, 5.41) is 5.44. The zero-order chi connectivity index (χ0) is 14.5. The number of halogens is 1. The standard InChI is InChI=1S/C13H13ClN4O2/c1-8-7-11(14)17-12(15-8)18-13(19)16-9-3-5-10(20-2)6-4-9/h3-7H,1-2H3,(H2,15,16,17,18,19). The number of benzene rings is 1. The zero-order valence-electron chi connectivity index (χ0n) is 11.0. The van der Waals surface area contributed by atoms with Gasteiger partial charge in [0.05, 0.1) is 7.11 Å². The van der Waals surface area contributed by atoms with Crippen LogP contribution in [0.1, 0.15) is 5.69 Å². The minimum atomic E-state index is -0.447. The SMILES string of the molecule is COc1ccc(NC(=O)Nc2nc(C)cc(Cl)n2)cc1. The molecule has 0 aliphatic carbocycles. The highest BCUT2D eigenvalue weighted by Gasteiger charge is 2.06. The fourth-order valence-corrected chi connectivity index (χ4v) is 1.76. The van der Waals surface area contributed by atoms with E-state index in [0.717, 1.165) is 0 Å². The number of aryl methyl sites for hydroxylation is 1. The van der Waals surface area contributed by atoms with Crippen LogP contribution in [0.4, 0.5) is 16.4 Å². The second kappa shape index (κ2) is 6.21. The minimum Gasteiger partial charge on any atom is -0.497 e. The summed E-state index contributed by atoms with van der Waals surface area (Å²) in [6, 6.07) is 8.10. The normalized spacial score (nSPS) is 9.95. The van der Waals surface area contributed by atoms with Gasteiger partial charge in [0.15, 0.2) is 0 Å². The number of amides is 2. The summed E-state index contributed by atoms with van der Waals surface area (Å²) in [6.45, 7) is 1.76. The first-order valence-electron chi connectivity index (χ1n) is 5.80. The summed E-state index contributed by atoms with van der Waals surface area (Å²) in [6.07, 6.45) is 0. The number of nitrogens with one attached hydrogen (secondary N) is 2. The molecule has 0 saturated carbocycles. The Morgan fingerprint density at radius 2 is 1.90 bits per heavy atom. The van der Waals surface area contributed by atoms with Gasteiger partial charge in [-0.2, -0.15) is 0 Å². The highest BCUT2D eigenvalue weighted by molar-refractivity contribution is 6.29. The second-order valence-corrected chi connectivity index (χ2v) is 4.35. The van der Waals surface area contributed by atoms with E-state index in [-0.39, 0.29) is 11.1 Å². The molecule has 0 saturated heterocycles. The third-order valence-electron chi connectivity index (χ3n) is 2.40. The van der Waals surface area contributed by atoms with Crippen LogP contribution in [0.15, 0.2) is 30.3 Å². The van der Waals surface area contributed by atoms with E-state index in [0.29, 0.717) is 17.1 Å². The van der Waals surface area contributed by atoms with E-state index in [9.17, 15) is 4.79 Å². The van der Waals surface area contributed by atoms with Crippen molar-refractivity contribution in [2.24, 2.45) is 0 Å². The van der Waals surface area contributed by atoms with E-state index in [2.05, 4.69) is 20.6 Å². The van der Waals surface area contributed by atoms with Gasteiger partial charge in [0, 0.05) is 11.4 Å². The highest BCUT2D eigenvalue weighted by atomic mass is 35.5. The van der Waals surface area contributed by atoms with Gasteiger partial charge in [-0.25, -0.2) is 14.8 Å². The molecule has 0 unspecified atom stereocenters. The Labute approximate surface area is 121 Å². The van der Waals surface area contributed by atoms with Gasteiger partial charge in [0.1, 0.15) is 10.9 Å². The molecular formula is C13H13ClN4O2. The van der Waals surface area contributed by atoms with Crippen molar-refractivity contribution in [1.82, 2.24) is 9.97 Å². The van der Waals surface area contributed by atoms with E-state index >= 15 is 0 Å². The Bertz CT molecular complexity index is 596. The predicted octanol–water partition coefficient (Wildman–Crippen LogP) is 3.09. The van der Waals surface area contributed by atoms with Crippen molar-refractivity contribution in [3.63, 3.8) is 0 Å². The van der Waals surface area contributed by atoms with Crippen LogP contribution in [-0.2, 0) is 0 Å². The third-order valence-corrected chi connectivity index (χ3v) is 2.59. The molecule has 20 heavy (non-hydrogen) atoms. The molecule has 6 nitrogen and oxygen atoms in total. The van der Waals surface area contributed by atoms with Crippen LogP contribution in [0, 0.1) is 6.92 Å². The fraction of sp³-hybridized carbons (Fsp3) is 0.154. The number of methoxy groups -OCH3 is 1. The lowest BCUT2D eigenvalue weighted by Crippen LogP contribution is -2.21. The van der Waals surface area contributed by atoms with Crippen LogP contribution < -0.4 is 15.4 Å². The van der Waals surface area contributed by atoms with Crippen LogP contribution >= 0.6 is 11.6 Å². The molecule has 0 aliphatic rings. The van der Waals surface area contributed by atoms with Gasteiger partial charge in [-0.05, 0) is 37.3 Å². The summed E-state index contributed by atoms with van der Waals surface area (Å²) < 4.78 is 5.03. The number of aromatic nitrogens is 2. The summed E-state index contributed by atoms with van der Waals surface area (Å²) in [5.41, 5.74) is 1.30. The summed E-state index contributed by atoms with van der Waals surface area (Å²) in [7, 11) is 1.58. The van der Waals surface area contributed by atoms with Gasteiger partial charge < -0.3 is 10.1 Å². The van der Waals surface area contributed by atoms with E-state index in [1.165, 1.54) is 0 Å². The molecule has 1 aromatic heterocycles. The molecule has 104 valence electrons. The number of carbonyl (C=O) groups excluding carboxylic acids is 1. The molecule has 0 spiro atoms. The largest absolute Gasteiger partial charge is 0.497 e. The van der Waals surface area contributed by atoms with Crippen molar-refractivity contribution in [3.8, 4) is 5.75 Å². The topological polar surface area (TPSA) is 76.1 Å². The van der Waals surface area contributed by atoms with E-state index in [1.807, 2.05) is 0 Å². The first kappa shape index (κ1) is 14.1. The van der Waals surface area contributed by atoms with Crippen molar-refractivity contribution in [2.45, 2.75) is 6.92 Å². The lowest BCUT2D eigenvalue weighted by molar-refractivity contribution is 0.262. The van der Waals surface area contributed by atoms with Crippen LogP contribution in [0.3, 0.4) is 0 Å². The van der Waals surface area contributed by atoms with Crippen molar-refractivity contribution >= 4 is 29.3 Å². The molecule has 2 N–H and O–H groups in total. The van der Waals surface area contributed by atoms with Crippen LogP contribution in [0.2, 0.25) is 5.15 Å². The number of nitrogens with zero attached hydrogens (tertiary/aromatic N) is 2. The lowest BCUT2D eigenvalue weighted by Gasteiger charge is -2.07. The maximum atomic E-state index is 11.8. The summed E-state index contributed by atoms with van der Waals surface area (Å²) in [4.78, 5) is 19.7. The van der Waals surface area contributed by atoms with Crippen LogP contribution in [-0.4, -0.2) is 23.1 Å².